The number of fused-ring (bicyclic) bond motifs is 2. The first-order valence-electron chi connectivity index (χ1n) is 14.8. The molecular weight excluding hydrogens is 820 g/mol. The SMILES string of the molecule is Nc1nc2c(ncn2[C@@H]2O[C@H](COP(=O)(O)OP(=O)(O)CP(=O)(O)OP(=O)(O)OC[C@H]3O[C@@H](n4cnc5c(N)ncnc54)C(O)C3O)[C@H](O)C2O)c(=O)[nH]1. The van der Waals surface area contributed by atoms with Crippen LogP contribution >= 0.6 is 30.8 Å². The molecule has 29 nitrogen and oxygen atoms in total. The molecule has 2 fully saturated rings. The molecule has 0 bridgehead atoms. The lowest BCUT2D eigenvalue weighted by atomic mass is 10.1. The second kappa shape index (κ2) is 14.7. The Balaban J connectivity index is 1.02. The average Bonchev–Trinajstić information content (AvgIpc) is 3.79. The van der Waals surface area contributed by atoms with Crippen LogP contribution in [0.5, 0.6) is 0 Å². The van der Waals surface area contributed by atoms with E-state index in [0.717, 1.165) is 23.5 Å². The van der Waals surface area contributed by atoms with Gasteiger partial charge in [0.05, 0.1) is 25.9 Å². The zero-order valence-corrected chi connectivity index (χ0v) is 30.2. The molecule has 0 radical (unpaired) electrons. The number of anilines is 2. The number of aromatic amines is 1. The molecule has 0 aliphatic carbocycles. The Labute approximate surface area is 298 Å². The first-order valence-corrected chi connectivity index (χ1v) is 21.3. The topological polar surface area (TPSA) is 445 Å². The Hall–Kier alpha value is -3.14. The molecule has 2 aliphatic rings. The van der Waals surface area contributed by atoms with Crippen molar-refractivity contribution in [1.29, 1.82) is 0 Å². The number of H-pyrrole nitrogens is 1. The van der Waals surface area contributed by atoms with Crippen LogP contribution in [0.4, 0.5) is 11.8 Å². The Morgan fingerprint density at radius 1 is 0.722 bits per heavy atom. The van der Waals surface area contributed by atoms with Crippen LogP contribution < -0.4 is 17.0 Å². The molecule has 12 atom stereocenters. The normalized spacial score (nSPS) is 30.6. The summed E-state index contributed by atoms with van der Waals surface area (Å²) in [5.74, 6) is -2.40. The van der Waals surface area contributed by atoms with Crippen LogP contribution in [0.3, 0.4) is 0 Å². The van der Waals surface area contributed by atoms with Crippen LogP contribution in [0, 0.1) is 0 Å². The number of aliphatic hydroxyl groups excluding tert-OH is 4. The van der Waals surface area contributed by atoms with Crippen molar-refractivity contribution < 1.29 is 85.4 Å². The maximum atomic E-state index is 12.6. The molecule has 2 aliphatic heterocycles. The van der Waals surface area contributed by atoms with Crippen molar-refractivity contribution in [2.75, 3.05) is 30.6 Å². The van der Waals surface area contributed by atoms with E-state index in [1.165, 1.54) is 4.57 Å². The van der Waals surface area contributed by atoms with Crippen molar-refractivity contribution in [3.8, 4) is 0 Å². The monoisotopic (exact) mass is 850 g/mol. The number of nitrogens with zero attached hydrogens (tertiary/aromatic N) is 7. The number of hydrogen-bond donors (Lipinski definition) is 11. The van der Waals surface area contributed by atoms with Crippen LogP contribution in [0.15, 0.2) is 23.8 Å². The predicted molar refractivity (Wildman–Crippen MR) is 172 cm³/mol. The molecular formula is C21H30N10O19P4. The van der Waals surface area contributed by atoms with Crippen molar-refractivity contribution in [2.24, 2.45) is 0 Å². The number of aliphatic hydroxyl groups is 4. The molecule has 33 heteroatoms. The van der Waals surface area contributed by atoms with Crippen molar-refractivity contribution in [3.05, 3.63) is 29.3 Å². The lowest BCUT2D eigenvalue weighted by molar-refractivity contribution is -0.0502. The summed E-state index contributed by atoms with van der Waals surface area (Å²) in [5.41, 5.74) is 10.4. The summed E-state index contributed by atoms with van der Waals surface area (Å²) >= 11 is 0. The van der Waals surface area contributed by atoms with Gasteiger partial charge < -0.3 is 60.9 Å². The van der Waals surface area contributed by atoms with E-state index in [-0.39, 0.29) is 34.1 Å². The molecule has 0 saturated carbocycles. The molecule has 0 spiro atoms. The summed E-state index contributed by atoms with van der Waals surface area (Å²) in [6.07, 6.45) is -9.95. The summed E-state index contributed by atoms with van der Waals surface area (Å²) < 4.78 is 80.7. The van der Waals surface area contributed by atoms with Gasteiger partial charge in [0.1, 0.15) is 48.5 Å². The van der Waals surface area contributed by atoms with Gasteiger partial charge >= 0.3 is 30.8 Å². The van der Waals surface area contributed by atoms with E-state index in [1.54, 1.807) is 0 Å². The van der Waals surface area contributed by atoms with Crippen molar-refractivity contribution in [3.63, 3.8) is 0 Å². The largest absolute Gasteiger partial charge is 0.479 e. The van der Waals surface area contributed by atoms with Gasteiger partial charge in [-0.15, -0.1) is 0 Å². The number of phosphoric acid groups is 2. The van der Waals surface area contributed by atoms with Gasteiger partial charge in [0.25, 0.3) is 5.56 Å². The fourth-order valence-corrected chi connectivity index (χ4v) is 12.1. The predicted octanol–water partition coefficient (Wildman–Crippen LogP) is -3.04. The number of aromatic nitrogens is 8. The zero-order chi connectivity index (χ0) is 39.5. The highest BCUT2D eigenvalue weighted by Crippen LogP contribution is 2.70. The fraction of sp³-hybridized carbons (Fsp3) is 0.524. The molecule has 0 aromatic carbocycles. The van der Waals surface area contributed by atoms with E-state index in [1.807, 2.05) is 0 Å². The molecule has 6 heterocycles. The van der Waals surface area contributed by atoms with Gasteiger partial charge in [-0.1, -0.05) is 0 Å². The van der Waals surface area contributed by atoms with Gasteiger partial charge in [-0.3, -0.25) is 37.1 Å². The number of nitrogens with two attached hydrogens (primary N) is 2. The molecule has 6 rings (SSSR count). The third-order valence-electron chi connectivity index (χ3n) is 7.68. The number of ether oxygens (including phenoxy) is 2. The molecule has 2 saturated heterocycles. The first-order chi connectivity index (χ1) is 25.1. The molecule has 298 valence electrons. The number of imidazole rings is 2. The van der Waals surface area contributed by atoms with Crippen LogP contribution in [0.2, 0.25) is 0 Å². The Morgan fingerprint density at radius 2 is 1.20 bits per heavy atom. The van der Waals surface area contributed by atoms with Gasteiger partial charge in [0.2, 0.25) is 5.95 Å². The first kappa shape index (κ1) is 40.5. The van der Waals surface area contributed by atoms with Crippen molar-refractivity contribution >= 4 is 64.9 Å². The third-order valence-corrected chi connectivity index (χ3v) is 15.2. The highest BCUT2D eigenvalue weighted by Gasteiger charge is 2.49. The van der Waals surface area contributed by atoms with E-state index in [9.17, 15) is 63.1 Å². The Bertz CT molecular complexity index is 2310. The van der Waals surface area contributed by atoms with E-state index in [2.05, 4.69) is 47.6 Å². The van der Waals surface area contributed by atoms with Crippen LogP contribution in [-0.2, 0) is 45.4 Å². The molecule has 54 heavy (non-hydrogen) atoms. The number of rotatable bonds is 14. The van der Waals surface area contributed by atoms with E-state index < -0.39 is 105 Å². The highest BCUT2D eigenvalue weighted by atomic mass is 31.3. The average molecular weight is 850 g/mol. The van der Waals surface area contributed by atoms with Gasteiger partial charge in [0, 0.05) is 0 Å². The summed E-state index contributed by atoms with van der Waals surface area (Å²) in [4.78, 5) is 73.9. The Morgan fingerprint density at radius 3 is 1.72 bits per heavy atom. The quantitative estimate of drug-likeness (QED) is 0.0562. The highest BCUT2D eigenvalue weighted by molar-refractivity contribution is 7.76. The van der Waals surface area contributed by atoms with Crippen LogP contribution in [0.1, 0.15) is 12.5 Å². The number of nitrogens with one attached hydrogen (secondary N) is 1. The van der Waals surface area contributed by atoms with Gasteiger partial charge in [-0.05, 0) is 0 Å². The van der Waals surface area contributed by atoms with Gasteiger partial charge in [-0.2, -0.15) is 4.98 Å². The van der Waals surface area contributed by atoms with E-state index in [4.69, 9.17) is 20.9 Å². The summed E-state index contributed by atoms with van der Waals surface area (Å²) in [6, 6.07) is 0. The fourth-order valence-electron chi connectivity index (χ4n) is 5.36. The molecule has 7 unspecified atom stereocenters. The minimum atomic E-state index is -5.72. The number of hydrogen-bond acceptors (Lipinski definition) is 22. The molecule has 0 amide bonds. The number of nitrogen functional groups attached to an aromatic ring is 2. The van der Waals surface area contributed by atoms with Crippen molar-refractivity contribution in [2.45, 2.75) is 49.1 Å². The second-order valence-corrected chi connectivity index (χ2v) is 18.9. The van der Waals surface area contributed by atoms with Gasteiger partial charge in [0.15, 0.2) is 41.0 Å². The molecule has 13 N–H and O–H groups in total. The van der Waals surface area contributed by atoms with E-state index >= 15 is 0 Å². The van der Waals surface area contributed by atoms with Crippen molar-refractivity contribution in [1.82, 2.24) is 39.0 Å². The zero-order valence-electron chi connectivity index (χ0n) is 26.6. The smallest absolute Gasteiger partial charge is 0.387 e. The molecule has 4 aromatic rings. The summed E-state index contributed by atoms with van der Waals surface area (Å²) in [7, 11) is -22.8. The van der Waals surface area contributed by atoms with Crippen LogP contribution in [-0.4, -0.2) is 135 Å². The summed E-state index contributed by atoms with van der Waals surface area (Å²) in [6.45, 7) is -2.18. The summed E-state index contributed by atoms with van der Waals surface area (Å²) in [5, 5.41) is 41.9. The number of phosphoric ester groups is 2. The maximum Gasteiger partial charge on any atom is 0.479 e. The standard InChI is InChI=1S/C21H30N10O19P4/c22-15-9-16(25-3-24-15)30(4-26-9)19-13(34)11(32)7(47-19)1-45-53(41,42)49-51(37,38)6-52(39,40)50-54(43,44)46-2-8-12(33)14(35)20(48-8)31-5-27-10-17(31)28-21(23)29-18(10)36/h3-5,7-8,11-14,19-20,32-35H,1-2,6H2,(H,37,38)(H,39,40)(H,41,42)(H,43,44)(H2,22,24,25)(H3,23,28,29,36)/t7-,8-,11?,12+,13?,14?,19-,20-/m1/s1. The Kier molecular flexibility index (Phi) is 11.1. The lowest BCUT2D eigenvalue weighted by Gasteiger charge is -2.22. The molecule has 4 aromatic heterocycles. The van der Waals surface area contributed by atoms with Gasteiger partial charge in [-0.25, -0.2) is 37.7 Å². The minimum absolute atomic E-state index is 0.00900. The minimum Gasteiger partial charge on any atom is -0.387 e. The van der Waals surface area contributed by atoms with E-state index in [0.29, 0.717) is 0 Å². The lowest BCUT2D eigenvalue weighted by Crippen LogP contribution is -2.33. The maximum absolute atomic E-state index is 12.6. The third kappa shape index (κ3) is 8.48. The second-order valence-electron chi connectivity index (χ2n) is 11.6. The van der Waals surface area contributed by atoms with Crippen LogP contribution in [0.25, 0.3) is 22.3 Å².